The molecule has 1 aromatic heterocycles. The Balaban J connectivity index is 1.72. The molecular formula is C21H22FNO2. The van der Waals surface area contributed by atoms with Crippen LogP contribution < -0.4 is 5.32 Å². The van der Waals surface area contributed by atoms with Crippen LogP contribution >= 0.6 is 0 Å². The molecule has 3 nitrogen and oxygen atoms in total. The van der Waals surface area contributed by atoms with Gasteiger partial charge in [-0.25, -0.2) is 4.39 Å². The van der Waals surface area contributed by atoms with Crippen molar-refractivity contribution in [3.63, 3.8) is 0 Å². The van der Waals surface area contributed by atoms with Crippen molar-refractivity contribution in [3.05, 3.63) is 70.7 Å². The number of furan rings is 1. The van der Waals surface area contributed by atoms with Crippen molar-refractivity contribution in [1.29, 1.82) is 0 Å². The molecular weight excluding hydrogens is 317 g/mol. The van der Waals surface area contributed by atoms with Gasteiger partial charge in [-0.2, -0.15) is 0 Å². The number of carbonyl (C=O) groups is 1. The number of fused-ring (bicyclic) bond motifs is 1. The van der Waals surface area contributed by atoms with Gasteiger partial charge < -0.3 is 9.73 Å². The van der Waals surface area contributed by atoms with Gasteiger partial charge in [0.1, 0.15) is 11.4 Å². The molecule has 1 heterocycles. The summed E-state index contributed by atoms with van der Waals surface area (Å²) in [6, 6.07) is 10.3. The van der Waals surface area contributed by atoms with Crippen LogP contribution in [-0.2, 0) is 17.8 Å². The van der Waals surface area contributed by atoms with Crippen LogP contribution in [0.4, 0.5) is 4.39 Å². The van der Waals surface area contributed by atoms with Gasteiger partial charge in [-0.05, 0) is 53.8 Å². The highest BCUT2D eigenvalue weighted by Crippen LogP contribution is 2.29. The van der Waals surface area contributed by atoms with Crippen LogP contribution in [0, 0.1) is 12.7 Å². The first-order valence-electron chi connectivity index (χ1n) is 8.46. The maximum Gasteiger partial charge on any atom is 0.224 e. The summed E-state index contributed by atoms with van der Waals surface area (Å²) >= 11 is 0. The van der Waals surface area contributed by atoms with E-state index in [9.17, 15) is 9.18 Å². The molecule has 130 valence electrons. The molecule has 0 aliphatic rings. The van der Waals surface area contributed by atoms with Crippen LogP contribution in [0.25, 0.3) is 11.0 Å². The molecule has 1 amide bonds. The number of nitrogens with one attached hydrogen (secondary N) is 1. The molecule has 0 saturated heterocycles. The lowest BCUT2D eigenvalue weighted by molar-refractivity contribution is -0.120. The third-order valence-corrected chi connectivity index (χ3v) is 4.42. The molecule has 4 heteroatoms. The topological polar surface area (TPSA) is 42.2 Å². The summed E-state index contributed by atoms with van der Waals surface area (Å²) in [6.45, 7) is 6.77. The molecule has 0 radical (unpaired) electrons. The normalized spacial score (nSPS) is 11.2. The first-order valence-corrected chi connectivity index (χ1v) is 8.46. The number of aryl methyl sites for hydroxylation is 1. The average molecular weight is 339 g/mol. The molecule has 25 heavy (non-hydrogen) atoms. The van der Waals surface area contributed by atoms with Crippen molar-refractivity contribution < 1.29 is 13.6 Å². The third kappa shape index (κ3) is 3.90. The molecule has 0 aliphatic carbocycles. The van der Waals surface area contributed by atoms with Crippen LogP contribution in [0.5, 0.6) is 0 Å². The predicted octanol–water partition coefficient (Wildman–Crippen LogP) is 4.86. The summed E-state index contributed by atoms with van der Waals surface area (Å²) in [5, 5.41) is 3.86. The molecule has 0 spiro atoms. The fraction of sp³-hybridized carbons (Fsp3) is 0.286. The Morgan fingerprint density at radius 3 is 2.60 bits per heavy atom. The number of benzene rings is 2. The predicted molar refractivity (Wildman–Crippen MR) is 97.0 cm³/mol. The molecule has 1 N–H and O–H groups in total. The maximum absolute atomic E-state index is 12.9. The Morgan fingerprint density at radius 1 is 1.20 bits per heavy atom. The number of rotatable bonds is 5. The molecule has 0 atom stereocenters. The Kier molecular flexibility index (Phi) is 4.88. The van der Waals surface area contributed by atoms with E-state index in [0.29, 0.717) is 12.5 Å². The minimum atomic E-state index is -0.281. The maximum atomic E-state index is 12.9. The molecule has 3 rings (SSSR count). The standard InChI is InChI=1S/C21H22FNO2/c1-13(2)18-10-19-16(12-25-20(19)8-14(18)3)9-21(24)23-11-15-4-6-17(22)7-5-15/h4-8,10,12-13H,9,11H2,1-3H3,(H,23,24). The van der Waals surface area contributed by atoms with Gasteiger partial charge in [-0.15, -0.1) is 0 Å². The van der Waals surface area contributed by atoms with E-state index in [1.807, 2.05) is 6.07 Å². The van der Waals surface area contributed by atoms with Crippen molar-refractivity contribution >= 4 is 16.9 Å². The van der Waals surface area contributed by atoms with Gasteiger partial charge in [-0.1, -0.05) is 26.0 Å². The lowest BCUT2D eigenvalue weighted by atomic mass is 9.95. The van der Waals surface area contributed by atoms with Gasteiger partial charge in [0.25, 0.3) is 0 Å². The van der Waals surface area contributed by atoms with Crippen LogP contribution in [0.1, 0.15) is 42.0 Å². The van der Waals surface area contributed by atoms with E-state index in [1.165, 1.54) is 23.3 Å². The molecule has 0 unspecified atom stereocenters. The largest absolute Gasteiger partial charge is 0.464 e. The molecule has 0 aliphatic heterocycles. The summed E-state index contributed by atoms with van der Waals surface area (Å²) in [4.78, 5) is 12.3. The van der Waals surface area contributed by atoms with E-state index in [2.05, 4.69) is 32.2 Å². The molecule has 3 aromatic rings. The van der Waals surface area contributed by atoms with Gasteiger partial charge in [0, 0.05) is 17.5 Å². The Labute approximate surface area is 146 Å². The number of amides is 1. The first kappa shape index (κ1) is 17.2. The molecule has 0 bridgehead atoms. The summed E-state index contributed by atoms with van der Waals surface area (Å²) < 4.78 is 18.5. The van der Waals surface area contributed by atoms with Gasteiger partial charge in [0.2, 0.25) is 5.91 Å². The summed E-state index contributed by atoms with van der Waals surface area (Å²) in [7, 11) is 0. The third-order valence-electron chi connectivity index (χ3n) is 4.42. The van der Waals surface area contributed by atoms with E-state index in [4.69, 9.17) is 4.42 Å². The molecule has 2 aromatic carbocycles. The van der Waals surface area contributed by atoms with Gasteiger partial charge in [0.15, 0.2) is 0 Å². The molecule has 0 fully saturated rings. The van der Waals surface area contributed by atoms with Crippen LogP contribution in [0.3, 0.4) is 0 Å². The monoisotopic (exact) mass is 339 g/mol. The minimum absolute atomic E-state index is 0.0845. The van der Waals surface area contributed by atoms with Gasteiger partial charge >= 0.3 is 0 Å². The lowest BCUT2D eigenvalue weighted by Gasteiger charge is -2.10. The smallest absolute Gasteiger partial charge is 0.224 e. The van der Waals surface area contributed by atoms with Crippen LogP contribution in [-0.4, -0.2) is 5.91 Å². The second kappa shape index (κ2) is 7.09. The lowest BCUT2D eigenvalue weighted by Crippen LogP contribution is -2.24. The fourth-order valence-electron chi connectivity index (χ4n) is 3.04. The average Bonchev–Trinajstić information content (AvgIpc) is 2.95. The first-order chi connectivity index (χ1) is 11.9. The second-order valence-corrected chi connectivity index (χ2v) is 6.70. The Morgan fingerprint density at radius 2 is 1.92 bits per heavy atom. The van der Waals surface area contributed by atoms with Crippen molar-refractivity contribution in [2.75, 3.05) is 0 Å². The highest BCUT2D eigenvalue weighted by atomic mass is 19.1. The number of carbonyl (C=O) groups excluding carboxylic acids is 1. The summed E-state index contributed by atoms with van der Waals surface area (Å²) in [5.74, 6) is 0.0503. The van der Waals surface area contributed by atoms with Crippen molar-refractivity contribution in [2.45, 2.75) is 39.7 Å². The number of hydrogen-bond donors (Lipinski definition) is 1. The minimum Gasteiger partial charge on any atom is -0.464 e. The SMILES string of the molecule is Cc1cc2occ(CC(=O)NCc3ccc(F)cc3)c2cc1C(C)C. The van der Waals surface area contributed by atoms with E-state index in [0.717, 1.165) is 22.1 Å². The Hall–Kier alpha value is -2.62. The van der Waals surface area contributed by atoms with Gasteiger partial charge in [-0.3, -0.25) is 4.79 Å². The highest BCUT2D eigenvalue weighted by Gasteiger charge is 2.14. The van der Waals surface area contributed by atoms with Crippen LogP contribution in [0.2, 0.25) is 0 Å². The summed E-state index contributed by atoms with van der Waals surface area (Å²) in [5.41, 5.74) is 5.02. The Bertz CT molecular complexity index is 894. The van der Waals surface area contributed by atoms with Crippen molar-refractivity contribution in [2.24, 2.45) is 0 Å². The number of halogens is 1. The molecule has 0 saturated carbocycles. The zero-order valence-electron chi connectivity index (χ0n) is 14.7. The van der Waals surface area contributed by atoms with E-state index in [-0.39, 0.29) is 18.1 Å². The highest BCUT2D eigenvalue weighted by molar-refractivity contribution is 5.88. The van der Waals surface area contributed by atoms with E-state index < -0.39 is 0 Å². The van der Waals surface area contributed by atoms with E-state index >= 15 is 0 Å². The number of hydrogen-bond acceptors (Lipinski definition) is 2. The van der Waals surface area contributed by atoms with E-state index in [1.54, 1.807) is 18.4 Å². The summed E-state index contributed by atoms with van der Waals surface area (Å²) in [6.07, 6.45) is 1.92. The van der Waals surface area contributed by atoms with Gasteiger partial charge in [0.05, 0.1) is 12.7 Å². The zero-order chi connectivity index (χ0) is 18.0. The quantitative estimate of drug-likeness (QED) is 0.721. The van der Waals surface area contributed by atoms with Crippen LogP contribution in [0.15, 0.2) is 47.1 Å². The van der Waals surface area contributed by atoms with Crippen molar-refractivity contribution in [1.82, 2.24) is 5.32 Å². The zero-order valence-corrected chi connectivity index (χ0v) is 14.7. The second-order valence-electron chi connectivity index (χ2n) is 6.70. The fourth-order valence-corrected chi connectivity index (χ4v) is 3.04. The van der Waals surface area contributed by atoms with Crippen molar-refractivity contribution in [3.8, 4) is 0 Å².